The number of amides is 1. The lowest BCUT2D eigenvalue weighted by Gasteiger charge is -2.28. The molecule has 1 amide bonds. The van der Waals surface area contributed by atoms with Crippen LogP contribution in [0.5, 0.6) is 0 Å². The molecule has 0 aliphatic carbocycles. The second-order valence-corrected chi connectivity index (χ2v) is 7.79. The molecule has 166 valence electrons. The minimum atomic E-state index is -0.514. The summed E-state index contributed by atoms with van der Waals surface area (Å²) in [7, 11) is 3.50. The molecule has 8 nitrogen and oxygen atoms in total. The van der Waals surface area contributed by atoms with Crippen molar-refractivity contribution in [1.29, 1.82) is 0 Å². The van der Waals surface area contributed by atoms with Crippen molar-refractivity contribution in [3.63, 3.8) is 0 Å². The quantitative estimate of drug-likeness (QED) is 0.514. The molecule has 0 radical (unpaired) electrons. The lowest BCUT2D eigenvalue weighted by Crippen LogP contribution is -2.37. The number of nitrogens with zero attached hydrogens (tertiary/aromatic N) is 3. The van der Waals surface area contributed by atoms with E-state index < -0.39 is 22.7 Å². The van der Waals surface area contributed by atoms with Crippen LogP contribution in [0.2, 0.25) is 5.02 Å². The molecule has 1 N–H and O–H groups in total. The molecule has 1 fully saturated rings. The summed E-state index contributed by atoms with van der Waals surface area (Å²) >= 11 is 6.18. The Bertz CT molecular complexity index is 946. The smallest absolute Gasteiger partial charge is 0.293 e. The van der Waals surface area contributed by atoms with Crippen LogP contribution in [0.3, 0.4) is 0 Å². The summed E-state index contributed by atoms with van der Waals surface area (Å²) in [5, 5.41) is 14.6. The van der Waals surface area contributed by atoms with Crippen LogP contribution in [0.15, 0.2) is 36.4 Å². The molecular weight excluding hydrogens is 427 g/mol. The van der Waals surface area contributed by atoms with Crippen LogP contribution in [0.25, 0.3) is 0 Å². The third-order valence-corrected chi connectivity index (χ3v) is 5.53. The number of hydrogen-bond acceptors (Lipinski definition) is 6. The van der Waals surface area contributed by atoms with Crippen molar-refractivity contribution in [3.8, 4) is 0 Å². The Morgan fingerprint density at radius 3 is 2.65 bits per heavy atom. The molecule has 1 heterocycles. The predicted octanol–water partition coefficient (Wildman–Crippen LogP) is 3.26. The summed E-state index contributed by atoms with van der Waals surface area (Å²) in [6.45, 7) is 2.14. The molecule has 0 unspecified atom stereocenters. The largest absolute Gasteiger partial charge is 0.378 e. The highest BCUT2D eigenvalue weighted by Crippen LogP contribution is 2.31. The summed E-state index contributed by atoms with van der Waals surface area (Å²) in [6.07, 6.45) is 0. The van der Waals surface area contributed by atoms with E-state index in [9.17, 15) is 19.3 Å². The Kier molecular flexibility index (Phi) is 7.42. The van der Waals surface area contributed by atoms with Crippen molar-refractivity contribution >= 4 is 28.9 Å². The van der Waals surface area contributed by atoms with Crippen molar-refractivity contribution in [2.45, 2.75) is 6.04 Å². The van der Waals surface area contributed by atoms with Gasteiger partial charge >= 0.3 is 0 Å². The molecule has 10 heteroatoms. The van der Waals surface area contributed by atoms with E-state index in [4.69, 9.17) is 16.3 Å². The highest BCUT2D eigenvalue weighted by atomic mass is 35.5. The Balaban J connectivity index is 1.79. The molecule has 1 atom stereocenters. The molecule has 1 aliphatic heterocycles. The number of rotatable bonds is 7. The van der Waals surface area contributed by atoms with Gasteiger partial charge in [0.05, 0.1) is 24.2 Å². The number of carbonyl (C=O) groups is 1. The topological polar surface area (TPSA) is 88.0 Å². The maximum atomic E-state index is 14.4. The maximum Gasteiger partial charge on any atom is 0.293 e. The van der Waals surface area contributed by atoms with Gasteiger partial charge in [0.1, 0.15) is 11.5 Å². The first-order chi connectivity index (χ1) is 14.8. The van der Waals surface area contributed by atoms with E-state index in [1.807, 2.05) is 4.90 Å². The minimum Gasteiger partial charge on any atom is -0.378 e. The van der Waals surface area contributed by atoms with Crippen molar-refractivity contribution in [2.24, 2.45) is 0 Å². The Morgan fingerprint density at radius 1 is 1.32 bits per heavy atom. The SMILES string of the molecule is CN(C)[C@@H](CNC(=O)c1ccc(N2CCOCC2)c([N+](=O)[O-])c1)c1c(F)cccc1Cl. The van der Waals surface area contributed by atoms with Crippen LogP contribution >= 0.6 is 11.6 Å². The van der Waals surface area contributed by atoms with Gasteiger partial charge in [-0.15, -0.1) is 0 Å². The number of morpholine rings is 1. The summed E-state index contributed by atoms with van der Waals surface area (Å²) < 4.78 is 19.7. The van der Waals surface area contributed by atoms with Gasteiger partial charge in [-0.3, -0.25) is 14.9 Å². The standard InChI is InChI=1S/C21H24ClFN4O4/c1-25(2)19(20-15(22)4-3-5-16(20)23)13-24-21(28)14-6-7-17(18(12-14)27(29)30)26-8-10-31-11-9-26/h3-7,12,19H,8-11,13H2,1-2H3,(H,24,28)/t19-/m0/s1. The van der Waals surface area contributed by atoms with E-state index in [1.165, 1.54) is 18.2 Å². The van der Waals surface area contributed by atoms with E-state index in [0.717, 1.165) is 0 Å². The van der Waals surface area contributed by atoms with E-state index in [1.54, 1.807) is 37.2 Å². The number of halogens is 2. The Morgan fingerprint density at radius 2 is 2.03 bits per heavy atom. The van der Waals surface area contributed by atoms with Gasteiger partial charge in [0, 0.05) is 41.9 Å². The average Bonchev–Trinajstić information content (AvgIpc) is 2.75. The molecule has 1 aliphatic rings. The Hall–Kier alpha value is -2.75. The fourth-order valence-electron chi connectivity index (χ4n) is 3.55. The van der Waals surface area contributed by atoms with Crippen molar-refractivity contribution in [1.82, 2.24) is 10.2 Å². The van der Waals surface area contributed by atoms with Crippen molar-refractivity contribution < 1.29 is 18.8 Å². The second-order valence-electron chi connectivity index (χ2n) is 7.38. The van der Waals surface area contributed by atoms with E-state index in [2.05, 4.69) is 5.32 Å². The van der Waals surface area contributed by atoms with Crippen molar-refractivity contribution in [3.05, 3.63) is 68.5 Å². The maximum absolute atomic E-state index is 14.4. The molecule has 0 bridgehead atoms. The summed E-state index contributed by atoms with van der Waals surface area (Å²) in [5.41, 5.74) is 0.744. The fraction of sp³-hybridized carbons (Fsp3) is 0.381. The second kappa shape index (κ2) is 10.0. The van der Waals surface area contributed by atoms with Crippen LogP contribution in [0.1, 0.15) is 22.0 Å². The van der Waals surface area contributed by atoms with Gasteiger partial charge < -0.3 is 19.9 Å². The third kappa shape index (κ3) is 5.30. The highest BCUT2D eigenvalue weighted by molar-refractivity contribution is 6.31. The summed E-state index contributed by atoms with van der Waals surface area (Å²) in [5.74, 6) is -0.957. The molecule has 2 aromatic rings. The predicted molar refractivity (Wildman–Crippen MR) is 116 cm³/mol. The fourth-order valence-corrected chi connectivity index (χ4v) is 3.83. The molecule has 31 heavy (non-hydrogen) atoms. The average molecular weight is 451 g/mol. The number of carbonyl (C=O) groups excluding carboxylic acids is 1. The highest BCUT2D eigenvalue weighted by Gasteiger charge is 2.25. The van der Waals surface area contributed by atoms with Crippen molar-refractivity contribution in [2.75, 3.05) is 51.8 Å². The normalized spacial score (nSPS) is 15.1. The molecule has 0 spiro atoms. The summed E-state index contributed by atoms with van der Waals surface area (Å²) in [6, 6.07) is 8.30. The van der Waals surface area contributed by atoms with E-state index in [0.29, 0.717) is 32.0 Å². The number of nitrogens with one attached hydrogen (secondary N) is 1. The molecule has 3 rings (SSSR count). The molecule has 0 aromatic heterocycles. The lowest BCUT2D eigenvalue weighted by atomic mass is 10.0. The molecule has 2 aromatic carbocycles. The first-order valence-corrected chi connectivity index (χ1v) is 10.2. The van der Waals surface area contributed by atoms with E-state index >= 15 is 0 Å². The number of nitro benzene ring substituents is 1. The third-order valence-electron chi connectivity index (χ3n) is 5.20. The summed E-state index contributed by atoms with van der Waals surface area (Å²) in [4.78, 5) is 27.4. The lowest BCUT2D eigenvalue weighted by molar-refractivity contribution is -0.384. The van der Waals surface area contributed by atoms with Crippen LogP contribution in [-0.2, 0) is 4.74 Å². The van der Waals surface area contributed by atoms with Crippen LogP contribution in [0.4, 0.5) is 15.8 Å². The van der Waals surface area contributed by atoms with Crippen LogP contribution in [0, 0.1) is 15.9 Å². The molecule has 0 saturated carbocycles. The van der Waals surface area contributed by atoms with Gasteiger partial charge in [0.2, 0.25) is 0 Å². The zero-order valence-corrected chi connectivity index (χ0v) is 18.1. The zero-order valence-electron chi connectivity index (χ0n) is 17.3. The number of hydrogen-bond donors (Lipinski definition) is 1. The number of benzene rings is 2. The number of nitro groups is 1. The first-order valence-electron chi connectivity index (χ1n) is 9.79. The molecular formula is C21H24ClFN4O4. The van der Waals surface area contributed by atoms with E-state index in [-0.39, 0.29) is 28.4 Å². The molecule has 1 saturated heterocycles. The number of likely N-dealkylation sites (N-methyl/N-ethyl adjacent to an activating group) is 1. The van der Waals surface area contributed by atoms with Gasteiger partial charge in [-0.1, -0.05) is 17.7 Å². The van der Waals surface area contributed by atoms with Gasteiger partial charge in [-0.05, 0) is 38.4 Å². The van der Waals surface area contributed by atoms with Gasteiger partial charge in [0.15, 0.2) is 0 Å². The number of anilines is 1. The minimum absolute atomic E-state index is 0.0749. The Labute approximate surface area is 184 Å². The zero-order chi connectivity index (χ0) is 22.5. The first kappa shape index (κ1) is 22.9. The monoisotopic (exact) mass is 450 g/mol. The number of ether oxygens (including phenoxy) is 1. The van der Waals surface area contributed by atoms with Gasteiger partial charge in [-0.25, -0.2) is 4.39 Å². The van der Waals surface area contributed by atoms with Crippen LogP contribution in [-0.4, -0.2) is 62.7 Å². The van der Waals surface area contributed by atoms with Crippen LogP contribution < -0.4 is 10.2 Å². The van der Waals surface area contributed by atoms with Gasteiger partial charge in [0.25, 0.3) is 11.6 Å². The van der Waals surface area contributed by atoms with Gasteiger partial charge in [-0.2, -0.15) is 0 Å².